The summed E-state index contributed by atoms with van der Waals surface area (Å²) in [7, 11) is -2.38. The van der Waals surface area contributed by atoms with E-state index in [0.717, 1.165) is 4.88 Å². The van der Waals surface area contributed by atoms with Gasteiger partial charge in [-0.1, -0.05) is 11.2 Å². The zero-order valence-corrected chi connectivity index (χ0v) is 13.0. The smallest absolute Gasteiger partial charge is 0.268 e. The van der Waals surface area contributed by atoms with Gasteiger partial charge in [0.15, 0.2) is 0 Å². The number of methoxy groups -OCH3 is 1. The first kappa shape index (κ1) is 14.7. The minimum atomic E-state index is -3.81. The van der Waals surface area contributed by atoms with Crippen LogP contribution in [0.4, 0.5) is 0 Å². The van der Waals surface area contributed by atoms with E-state index in [9.17, 15) is 8.42 Å². The van der Waals surface area contributed by atoms with Gasteiger partial charge in [0.05, 0.1) is 22.4 Å². The van der Waals surface area contributed by atoms with Gasteiger partial charge in [-0.2, -0.15) is 4.98 Å². The van der Waals surface area contributed by atoms with Crippen LogP contribution < -0.4 is 9.88 Å². The summed E-state index contributed by atoms with van der Waals surface area (Å²) in [4.78, 5) is 5.10. The second-order valence-electron chi connectivity index (χ2n) is 4.31. The Morgan fingerprint density at radius 1 is 1.32 bits per heavy atom. The van der Waals surface area contributed by atoms with Gasteiger partial charge in [-0.15, -0.1) is 11.3 Å². The number of benzene rings is 1. The number of thiophene rings is 1. The van der Waals surface area contributed by atoms with Crippen LogP contribution in [0.2, 0.25) is 0 Å². The van der Waals surface area contributed by atoms with Gasteiger partial charge < -0.3 is 9.26 Å². The lowest BCUT2D eigenvalue weighted by molar-refractivity contribution is 0.412. The van der Waals surface area contributed by atoms with Gasteiger partial charge in [-0.05, 0) is 23.6 Å². The molecule has 2 N–H and O–H groups in total. The van der Waals surface area contributed by atoms with Crippen LogP contribution >= 0.6 is 11.3 Å². The van der Waals surface area contributed by atoms with Crippen molar-refractivity contribution in [2.24, 2.45) is 5.14 Å². The van der Waals surface area contributed by atoms with Gasteiger partial charge in [0.1, 0.15) is 5.75 Å². The van der Waals surface area contributed by atoms with Gasteiger partial charge in [0.2, 0.25) is 15.8 Å². The quantitative estimate of drug-likeness (QED) is 0.781. The van der Waals surface area contributed by atoms with Crippen molar-refractivity contribution in [2.45, 2.75) is 4.90 Å². The molecule has 22 heavy (non-hydrogen) atoms. The van der Waals surface area contributed by atoms with Crippen molar-refractivity contribution in [3.63, 3.8) is 0 Å². The van der Waals surface area contributed by atoms with Crippen molar-refractivity contribution in [3.8, 4) is 27.9 Å². The molecular weight excluding hydrogens is 326 g/mol. The molecule has 9 heteroatoms. The molecule has 0 fully saturated rings. The third-order valence-electron chi connectivity index (χ3n) is 2.90. The number of primary sulfonamides is 1. The molecule has 0 spiro atoms. The van der Waals surface area contributed by atoms with Crippen LogP contribution in [0.1, 0.15) is 0 Å². The highest BCUT2D eigenvalue weighted by Gasteiger charge is 2.18. The normalized spacial score (nSPS) is 11.5. The molecule has 0 bridgehead atoms. The fraction of sp³-hybridized carbons (Fsp3) is 0.0769. The fourth-order valence-corrected chi connectivity index (χ4v) is 3.04. The number of aromatic nitrogens is 2. The Labute approximate surface area is 130 Å². The minimum absolute atomic E-state index is 0.0462. The molecule has 2 aromatic heterocycles. The number of hydrogen-bond acceptors (Lipinski definition) is 7. The number of nitrogens with zero attached hydrogens (tertiary/aromatic N) is 2. The zero-order chi connectivity index (χ0) is 15.7. The summed E-state index contributed by atoms with van der Waals surface area (Å²) >= 11 is 1.48. The third-order valence-corrected chi connectivity index (χ3v) is 4.67. The average molecular weight is 337 g/mol. The molecule has 0 aliphatic rings. The molecular formula is C13H11N3O4S2. The van der Waals surface area contributed by atoms with Crippen molar-refractivity contribution >= 4 is 21.4 Å². The molecule has 0 amide bonds. The van der Waals surface area contributed by atoms with E-state index in [1.54, 1.807) is 0 Å². The molecule has 0 aliphatic heterocycles. The van der Waals surface area contributed by atoms with Crippen molar-refractivity contribution in [3.05, 3.63) is 35.7 Å². The van der Waals surface area contributed by atoms with Crippen LogP contribution in [0, 0.1) is 0 Å². The van der Waals surface area contributed by atoms with Crippen molar-refractivity contribution < 1.29 is 17.7 Å². The highest BCUT2D eigenvalue weighted by atomic mass is 32.2. The van der Waals surface area contributed by atoms with E-state index in [1.807, 2.05) is 17.5 Å². The maximum Gasteiger partial charge on any atom is 0.268 e. The molecule has 0 unspecified atom stereocenters. The molecule has 0 saturated carbocycles. The van der Waals surface area contributed by atoms with Crippen LogP contribution in [0.15, 0.2) is 45.1 Å². The molecule has 1 aromatic carbocycles. The largest absolute Gasteiger partial charge is 0.496 e. The van der Waals surface area contributed by atoms with Crippen LogP contribution in [0.25, 0.3) is 22.2 Å². The summed E-state index contributed by atoms with van der Waals surface area (Å²) in [6, 6.07) is 7.97. The lowest BCUT2D eigenvalue weighted by atomic mass is 10.2. The van der Waals surface area contributed by atoms with E-state index in [4.69, 9.17) is 14.4 Å². The maximum absolute atomic E-state index is 11.4. The topological polar surface area (TPSA) is 108 Å². The molecule has 114 valence electrons. The van der Waals surface area contributed by atoms with E-state index < -0.39 is 10.0 Å². The van der Waals surface area contributed by atoms with Gasteiger partial charge in [-0.25, -0.2) is 13.6 Å². The second-order valence-corrected chi connectivity index (χ2v) is 6.82. The lowest BCUT2D eigenvalue weighted by Gasteiger charge is -2.06. The van der Waals surface area contributed by atoms with E-state index in [0.29, 0.717) is 23.0 Å². The molecule has 0 saturated heterocycles. The number of rotatable bonds is 4. The first-order valence-electron chi connectivity index (χ1n) is 6.08. The molecule has 2 heterocycles. The standard InChI is InChI=1S/C13H11N3O4S2/c1-19-10-7-8(22(14,17)18)4-5-9(10)12-15-13(20-16-12)11-3-2-6-21-11/h2-7H,1H3,(H2,14,17,18). The zero-order valence-electron chi connectivity index (χ0n) is 11.4. The van der Waals surface area contributed by atoms with Gasteiger partial charge in [0.25, 0.3) is 5.89 Å². The Kier molecular flexibility index (Phi) is 3.69. The number of sulfonamides is 1. The minimum Gasteiger partial charge on any atom is -0.496 e. The fourth-order valence-electron chi connectivity index (χ4n) is 1.87. The van der Waals surface area contributed by atoms with E-state index in [-0.39, 0.29) is 4.90 Å². The molecule has 3 rings (SSSR count). The van der Waals surface area contributed by atoms with E-state index in [2.05, 4.69) is 10.1 Å². The average Bonchev–Trinajstić information content (AvgIpc) is 3.16. The predicted octanol–water partition coefficient (Wildman–Crippen LogP) is 2.12. The number of ether oxygens (including phenoxy) is 1. The van der Waals surface area contributed by atoms with Crippen LogP contribution in [-0.2, 0) is 10.0 Å². The van der Waals surface area contributed by atoms with Crippen LogP contribution in [-0.4, -0.2) is 25.7 Å². The molecule has 0 atom stereocenters. The van der Waals surface area contributed by atoms with Gasteiger partial charge >= 0.3 is 0 Å². The monoisotopic (exact) mass is 337 g/mol. The SMILES string of the molecule is COc1cc(S(N)(=O)=O)ccc1-c1noc(-c2cccs2)n1. The number of hydrogen-bond donors (Lipinski definition) is 1. The number of nitrogens with two attached hydrogens (primary N) is 1. The molecule has 0 aliphatic carbocycles. The summed E-state index contributed by atoms with van der Waals surface area (Å²) in [5, 5.41) is 10.9. The summed E-state index contributed by atoms with van der Waals surface area (Å²) in [6.45, 7) is 0. The van der Waals surface area contributed by atoms with Crippen molar-refractivity contribution in [1.82, 2.24) is 10.1 Å². The summed E-state index contributed by atoms with van der Waals surface area (Å²) < 4.78 is 33.2. The van der Waals surface area contributed by atoms with Crippen LogP contribution in [0.5, 0.6) is 5.75 Å². The van der Waals surface area contributed by atoms with Crippen molar-refractivity contribution in [2.75, 3.05) is 7.11 Å². The van der Waals surface area contributed by atoms with Crippen LogP contribution in [0.3, 0.4) is 0 Å². The Morgan fingerprint density at radius 2 is 2.14 bits per heavy atom. The Bertz CT molecular complexity index is 901. The van der Waals surface area contributed by atoms with Gasteiger partial charge in [0, 0.05) is 6.07 Å². The predicted molar refractivity (Wildman–Crippen MR) is 81.0 cm³/mol. The highest BCUT2D eigenvalue weighted by Crippen LogP contribution is 2.32. The first-order chi connectivity index (χ1) is 10.5. The molecule has 7 nitrogen and oxygen atoms in total. The Hall–Kier alpha value is -2.23. The van der Waals surface area contributed by atoms with Gasteiger partial charge in [-0.3, -0.25) is 0 Å². The summed E-state index contributed by atoms with van der Waals surface area (Å²) in [6.07, 6.45) is 0. The third kappa shape index (κ3) is 2.73. The van der Waals surface area contributed by atoms with Crippen molar-refractivity contribution in [1.29, 1.82) is 0 Å². The lowest BCUT2D eigenvalue weighted by Crippen LogP contribution is -2.12. The maximum atomic E-state index is 11.4. The summed E-state index contributed by atoms with van der Waals surface area (Å²) in [5.41, 5.74) is 0.515. The molecule has 0 radical (unpaired) electrons. The first-order valence-corrected chi connectivity index (χ1v) is 8.50. The summed E-state index contributed by atoms with van der Waals surface area (Å²) in [5.74, 6) is 0.994. The second kappa shape index (κ2) is 5.52. The van der Waals surface area contributed by atoms with E-state index >= 15 is 0 Å². The van der Waals surface area contributed by atoms with E-state index in [1.165, 1.54) is 36.6 Å². The molecule has 3 aromatic rings. The Balaban J connectivity index is 2.05. The Morgan fingerprint density at radius 3 is 2.77 bits per heavy atom. The highest BCUT2D eigenvalue weighted by molar-refractivity contribution is 7.89.